The zero-order valence-electron chi connectivity index (χ0n) is 12.1. The molecular weight excluding hydrogens is 357 g/mol. The third-order valence-electron chi connectivity index (χ3n) is 3.29. The van der Waals surface area contributed by atoms with Gasteiger partial charge in [-0.3, -0.25) is 4.79 Å². The van der Waals surface area contributed by atoms with Crippen LogP contribution in [0.1, 0.15) is 11.3 Å². The fraction of sp³-hybridized carbons (Fsp3) is 0.125. The minimum atomic E-state index is -0.231. The molecule has 0 atom stereocenters. The average molecular weight is 369 g/mol. The minimum Gasteiger partial charge on any atom is -0.324 e. The van der Waals surface area contributed by atoms with E-state index in [4.69, 9.17) is 34.8 Å². The van der Waals surface area contributed by atoms with Crippen LogP contribution < -0.4 is 5.32 Å². The number of imidazole rings is 1. The zero-order chi connectivity index (χ0) is 16.6. The summed E-state index contributed by atoms with van der Waals surface area (Å²) < 4.78 is 1.88. The van der Waals surface area contributed by atoms with Crippen molar-refractivity contribution in [3.63, 3.8) is 0 Å². The van der Waals surface area contributed by atoms with Crippen LogP contribution in [0.4, 0.5) is 5.69 Å². The molecule has 0 bridgehead atoms. The number of amides is 1. The number of hydrogen-bond acceptors (Lipinski definition) is 2. The number of aryl methyl sites for hydroxylation is 1. The van der Waals surface area contributed by atoms with E-state index in [0.29, 0.717) is 26.4 Å². The van der Waals surface area contributed by atoms with Gasteiger partial charge in [0, 0.05) is 12.4 Å². The summed E-state index contributed by atoms with van der Waals surface area (Å²) in [6.45, 7) is 1.99. The molecule has 1 N–H and O–H groups in total. The number of anilines is 1. The number of hydrogen-bond donors (Lipinski definition) is 1. The number of aromatic nitrogens is 2. The highest BCUT2D eigenvalue weighted by Crippen LogP contribution is 2.32. The van der Waals surface area contributed by atoms with E-state index < -0.39 is 0 Å². The first-order chi connectivity index (χ1) is 10.9. The van der Waals surface area contributed by atoms with Crippen LogP contribution >= 0.6 is 34.8 Å². The Morgan fingerprint density at radius 3 is 2.70 bits per heavy atom. The molecule has 0 aliphatic heterocycles. The van der Waals surface area contributed by atoms with Crippen molar-refractivity contribution >= 4 is 52.0 Å². The molecule has 3 rings (SSSR count). The van der Waals surface area contributed by atoms with Gasteiger partial charge < -0.3 is 9.72 Å². The molecule has 0 aliphatic carbocycles. The van der Waals surface area contributed by atoms with E-state index in [9.17, 15) is 4.79 Å². The van der Waals surface area contributed by atoms with Crippen LogP contribution in [0.25, 0.3) is 5.65 Å². The number of halogens is 3. The molecule has 0 saturated heterocycles. The van der Waals surface area contributed by atoms with Gasteiger partial charge in [-0.05, 0) is 36.8 Å². The number of carbonyl (C=O) groups excluding carboxylic acids is 1. The van der Waals surface area contributed by atoms with Gasteiger partial charge in [-0.1, -0.05) is 34.8 Å². The molecule has 2 heterocycles. The third kappa shape index (κ3) is 3.61. The standard InChI is InChI=1S/C16H12Cl3N3O/c1-9-2-3-22-8-10(20-15(22)4-9)5-16(23)21-14-7-12(18)11(17)6-13(14)19/h2-4,6-8H,5H2,1H3,(H,21,23). The predicted molar refractivity (Wildman–Crippen MR) is 93.7 cm³/mol. The van der Waals surface area contributed by atoms with Gasteiger partial charge in [0.05, 0.1) is 32.9 Å². The molecule has 4 nitrogen and oxygen atoms in total. The van der Waals surface area contributed by atoms with Gasteiger partial charge in [0.2, 0.25) is 5.91 Å². The number of nitrogens with zero attached hydrogens (tertiary/aromatic N) is 2. The molecular formula is C16H12Cl3N3O. The fourth-order valence-electron chi connectivity index (χ4n) is 2.20. The summed E-state index contributed by atoms with van der Waals surface area (Å²) in [5.74, 6) is -0.231. The van der Waals surface area contributed by atoms with Crippen molar-refractivity contribution in [2.45, 2.75) is 13.3 Å². The largest absolute Gasteiger partial charge is 0.324 e. The maximum Gasteiger partial charge on any atom is 0.230 e. The second-order valence-corrected chi connectivity index (χ2v) is 6.39. The highest BCUT2D eigenvalue weighted by atomic mass is 35.5. The molecule has 0 saturated carbocycles. The number of carbonyl (C=O) groups is 1. The molecule has 1 aromatic carbocycles. The number of nitrogens with one attached hydrogen (secondary N) is 1. The average Bonchev–Trinajstić information content (AvgIpc) is 2.85. The Bertz CT molecular complexity index is 905. The molecule has 3 aromatic rings. The molecule has 0 radical (unpaired) electrons. The normalized spacial score (nSPS) is 11.0. The third-order valence-corrected chi connectivity index (χ3v) is 4.33. The maximum atomic E-state index is 12.2. The fourth-order valence-corrected chi connectivity index (χ4v) is 2.79. The van der Waals surface area contributed by atoms with Gasteiger partial charge >= 0.3 is 0 Å². The Morgan fingerprint density at radius 2 is 1.91 bits per heavy atom. The van der Waals surface area contributed by atoms with E-state index in [-0.39, 0.29) is 12.3 Å². The van der Waals surface area contributed by atoms with Gasteiger partial charge in [-0.25, -0.2) is 4.98 Å². The van der Waals surface area contributed by atoms with Crippen LogP contribution in [-0.4, -0.2) is 15.3 Å². The van der Waals surface area contributed by atoms with Gasteiger partial charge in [0.15, 0.2) is 0 Å². The van der Waals surface area contributed by atoms with Crippen LogP contribution in [0.5, 0.6) is 0 Å². The molecule has 0 fully saturated rings. The number of benzene rings is 1. The van der Waals surface area contributed by atoms with E-state index in [1.165, 1.54) is 12.1 Å². The topological polar surface area (TPSA) is 46.4 Å². The van der Waals surface area contributed by atoms with Crippen molar-refractivity contribution in [2.24, 2.45) is 0 Å². The monoisotopic (exact) mass is 367 g/mol. The molecule has 118 valence electrons. The highest BCUT2D eigenvalue weighted by molar-refractivity contribution is 6.44. The van der Waals surface area contributed by atoms with E-state index in [0.717, 1.165) is 11.2 Å². The van der Waals surface area contributed by atoms with Crippen molar-refractivity contribution in [1.82, 2.24) is 9.38 Å². The molecule has 0 unspecified atom stereocenters. The van der Waals surface area contributed by atoms with Crippen LogP contribution in [0.15, 0.2) is 36.7 Å². The van der Waals surface area contributed by atoms with Gasteiger partial charge in [-0.2, -0.15) is 0 Å². The van der Waals surface area contributed by atoms with Crippen LogP contribution in [0.2, 0.25) is 15.1 Å². The Labute approximate surface area is 148 Å². The van der Waals surface area contributed by atoms with E-state index in [1.54, 1.807) is 0 Å². The molecule has 0 aliphatic rings. The Kier molecular flexibility index (Phi) is 4.48. The molecule has 0 spiro atoms. The first kappa shape index (κ1) is 16.1. The summed E-state index contributed by atoms with van der Waals surface area (Å²) in [7, 11) is 0. The summed E-state index contributed by atoms with van der Waals surface area (Å²) in [6, 6.07) is 6.96. The molecule has 23 heavy (non-hydrogen) atoms. The second kappa shape index (κ2) is 6.40. The second-order valence-electron chi connectivity index (χ2n) is 5.17. The summed E-state index contributed by atoms with van der Waals surface area (Å²) in [6.07, 6.45) is 3.87. The van der Waals surface area contributed by atoms with Gasteiger partial charge in [0.25, 0.3) is 0 Å². The Morgan fingerprint density at radius 1 is 1.17 bits per heavy atom. The first-order valence-electron chi connectivity index (χ1n) is 6.81. The van der Waals surface area contributed by atoms with Crippen molar-refractivity contribution in [1.29, 1.82) is 0 Å². The van der Waals surface area contributed by atoms with E-state index >= 15 is 0 Å². The SMILES string of the molecule is Cc1ccn2cc(CC(=O)Nc3cc(Cl)c(Cl)cc3Cl)nc2c1. The highest BCUT2D eigenvalue weighted by Gasteiger charge is 2.12. The number of fused-ring (bicyclic) bond motifs is 1. The summed E-state index contributed by atoms with van der Waals surface area (Å²) >= 11 is 17.9. The van der Waals surface area contributed by atoms with Gasteiger partial charge in [-0.15, -0.1) is 0 Å². The molecule has 1 amide bonds. The van der Waals surface area contributed by atoms with Crippen molar-refractivity contribution in [3.8, 4) is 0 Å². The first-order valence-corrected chi connectivity index (χ1v) is 7.94. The van der Waals surface area contributed by atoms with E-state index in [2.05, 4.69) is 10.3 Å². The van der Waals surface area contributed by atoms with Crippen molar-refractivity contribution < 1.29 is 4.79 Å². The number of rotatable bonds is 3. The molecule has 2 aromatic heterocycles. The lowest BCUT2D eigenvalue weighted by Gasteiger charge is -2.08. The Balaban J connectivity index is 1.77. The smallest absolute Gasteiger partial charge is 0.230 e. The summed E-state index contributed by atoms with van der Waals surface area (Å²) in [4.78, 5) is 16.6. The Hall–Kier alpha value is -1.75. The van der Waals surface area contributed by atoms with Gasteiger partial charge in [0.1, 0.15) is 5.65 Å². The predicted octanol–water partition coefficient (Wildman–Crippen LogP) is 4.78. The lowest BCUT2D eigenvalue weighted by atomic mass is 10.2. The summed E-state index contributed by atoms with van der Waals surface area (Å²) in [5, 5.41) is 3.72. The minimum absolute atomic E-state index is 0.136. The molecule has 7 heteroatoms. The zero-order valence-corrected chi connectivity index (χ0v) is 14.4. The van der Waals surface area contributed by atoms with Crippen LogP contribution in [0.3, 0.4) is 0 Å². The van der Waals surface area contributed by atoms with Crippen LogP contribution in [-0.2, 0) is 11.2 Å². The quantitative estimate of drug-likeness (QED) is 0.676. The maximum absolute atomic E-state index is 12.2. The van der Waals surface area contributed by atoms with Crippen LogP contribution in [0, 0.1) is 6.92 Å². The van der Waals surface area contributed by atoms with Crippen molar-refractivity contribution in [3.05, 3.63) is 63.0 Å². The number of pyridine rings is 1. The lowest BCUT2D eigenvalue weighted by molar-refractivity contribution is -0.115. The lowest BCUT2D eigenvalue weighted by Crippen LogP contribution is -2.15. The van der Waals surface area contributed by atoms with Crippen molar-refractivity contribution in [2.75, 3.05) is 5.32 Å². The van der Waals surface area contributed by atoms with E-state index in [1.807, 2.05) is 35.9 Å². The summed E-state index contributed by atoms with van der Waals surface area (Å²) in [5.41, 5.74) is 3.01.